The molecule has 1 aromatic carbocycles. The zero-order valence-corrected chi connectivity index (χ0v) is 15.4. The minimum absolute atomic E-state index is 0.0189. The number of ether oxygens (including phenoxy) is 1. The van der Waals surface area contributed by atoms with Gasteiger partial charge in [0.2, 0.25) is 11.8 Å². The topological polar surface area (TPSA) is 58.6 Å². The lowest BCUT2D eigenvalue weighted by molar-refractivity contribution is -0.132. The summed E-state index contributed by atoms with van der Waals surface area (Å²) in [6.07, 6.45) is 7.42. The van der Waals surface area contributed by atoms with Crippen molar-refractivity contribution in [3.05, 3.63) is 29.8 Å². The van der Waals surface area contributed by atoms with Crippen LogP contribution in [0.4, 0.5) is 0 Å². The maximum atomic E-state index is 12.1. The maximum Gasteiger partial charge on any atom is 0.224 e. The molecule has 25 heavy (non-hydrogen) atoms. The van der Waals surface area contributed by atoms with E-state index in [2.05, 4.69) is 5.32 Å². The van der Waals surface area contributed by atoms with Gasteiger partial charge in [-0.05, 0) is 30.5 Å². The summed E-state index contributed by atoms with van der Waals surface area (Å²) in [5.74, 6) is 0.871. The summed E-state index contributed by atoms with van der Waals surface area (Å²) in [5.41, 5.74) is 0.950. The Morgan fingerprint density at radius 1 is 1.12 bits per heavy atom. The molecule has 0 bridgehead atoms. The second-order valence-electron chi connectivity index (χ2n) is 6.73. The van der Waals surface area contributed by atoms with E-state index < -0.39 is 0 Å². The minimum Gasteiger partial charge on any atom is -0.497 e. The third kappa shape index (κ3) is 6.40. The fraction of sp³-hybridized carbons (Fsp3) is 0.600. The van der Waals surface area contributed by atoms with E-state index in [1.165, 1.54) is 25.7 Å². The molecule has 0 spiro atoms. The lowest BCUT2D eigenvalue weighted by Gasteiger charge is -2.30. The minimum atomic E-state index is -0.0189. The highest BCUT2D eigenvalue weighted by Gasteiger charge is 2.21. The molecule has 1 aliphatic carbocycles. The van der Waals surface area contributed by atoms with Crippen molar-refractivity contribution in [3.8, 4) is 5.75 Å². The van der Waals surface area contributed by atoms with Crippen molar-refractivity contribution in [2.24, 2.45) is 0 Å². The van der Waals surface area contributed by atoms with E-state index in [1.54, 1.807) is 14.0 Å². The van der Waals surface area contributed by atoms with Crippen molar-refractivity contribution in [1.29, 1.82) is 0 Å². The fourth-order valence-electron chi connectivity index (χ4n) is 3.47. The number of rotatable bonds is 7. The summed E-state index contributed by atoms with van der Waals surface area (Å²) >= 11 is 0. The van der Waals surface area contributed by atoms with E-state index in [9.17, 15) is 9.59 Å². The molecule has 0 aromatic heterocycles. The fourth-order valence-corrected chi connectivity index (χ4v) is 3.47. The van der Waals surface area contributed by atoms with Crippen LogP contribution in [0.1, 0.15) is 51.0 Å². The number of carbonyl (C=O) groups is 2. The Balaban J connectivity index is 1.78. The molecule has 1 aliphatic rings. The molecule has 5 heteroatoms. The van der Waals surface area contributed by atoms with Crippen LogP contribution >= 0.6 is 0 Å². The highest BCUT2D eigenvalue weighted by Crippen LogP contribution is 2.21. The van der Waals surface area contributed by atoms with Crippen LogP contribution in [0.15, 0.2) is 24.3 Å². The second-order valence-corrected chi connectivity index (χ2v) is 6.73. The van der Waals surface area contributed by atoms with Crippen molar-refractivity contribution in [2.45, 2.75) is 57.9 Å². The van der Waals surface area contributed by atoms with Gasteiger partial charge in [0.15, 0.2) is 0 Å². The third-order valence-corrected chi connectivity index (χ3v) is 4.87. The molecule has 1 N–H and O–H groups in total. The summed E-state index contributed by atoms with van der Waals surface area (Å²) in [6, 6.07) is 7.83. The summed E-state index contributed by atoms with van der Waals surface area (Å²) in [5, 5.41) is 2.94. The zero-order chi connectivity index (χ0) is 18.1. The average Bonchev–Trinajstić information content (AvgIpc) is 2.88. The zero-order valence-electron chi connectivity index (χ0n) is 15.4. The summed E-state index contributed by atoms with van der Waals surface area (Å²) in [7, 11) is 1.62. The Bertz CT molecular complexity index is 549. The van der Waals surface area contributed by atoms with E-state index >= 15 is 0 Å². The number of amides is 2. The Morgan fingerprint density at radius 2 is 1.76 bits per heavy atom. The monoisotopic (exact) mass is 346 g/mol. The number of nitrogens with zero attached hydrogens (tertiary/aromatic N) is 1. The molecule has 5 nitrogen and oxygen atoms in total. The number of nitrogens with one attached hydrogen (secondary N) is 1. The molecule has 1 aromatic rings. The van der Waals surface area contributed by atoms with Gasteiger partial charge in [-0.2, -0.15) is 0 Å². The lowest BCUT2D eigenvalue weighted by atomic mass is 10.1. The average molecular weight is 346 g/mol. The van der Waals surface area contributed by atoms with Crippen molar-refractivity contribution in [3.63, 3.8) is 0 Å². The molecule has 138 valence electrons. The van der Waals surface area contributed by atoms with E-state index in [0.29, 0.717) is 25.6 Å². The summed E-state index contributed by atoms with van der Waals surface area (Å²) in [6.45, 7) is 2.73. The van der Waals surface area contributed by atoms with Gasteiger partial charge in [0.25, 0.3) is 0 Å². The lowest BCUT2D eigenvalue weighted by Crippen LogP contribution is -2.43. The number of hydrogen-bond acceptors (Lipinski definition) is 3. The van der Waals surface area contributed by atoms with Crippen LogP contribution in [0.25, 0.3) is 0 Å². The Morgan fingerprint density at radius 3 is 2.32 bits per heavy atom. The quantitative estimate of drug-likeness (QED) is 0.772. The van der Waals surface area contributed by atoms with Gasteiger partial charge in [-0.3, -0.25) is 9.59 Å². The van der Waals surface area contributed by atoms with Crippen LogP contribution in [0.3, 0.4) is 0 Å². The summed E-state index contributed by atoms with van der Waals surface area (Å²) < 4.78 is 5.12. The van der Waals surface area contributed by atoms with Gasteiger partial charge in [0, 0.05) is 26.1 Å². The van der Waals surface area contributed by atoms with E-state index in [-0.39, 0.29) is 11.8 Å². The third-order valence-electron chi connectivity index (χ3n) is 4.87. The number of benzene rings is 1. The molecule has 2 rings (SSSR count). The molecule has 0 aliphatic heterocycles. The van der Waals surface area contributed by atoms with Crippen molar-refractivity contribution in [1.82, 2.24) is 10.2 Å². The highest BCUT2D eigenvalue weighted by molar-refractivity contribution is 5.78. The van der Waals surface area contributed by atoms with Gasteiger partial charge in [-0.15, -0.1) is 0 Å². The molecule has 0 heterocycles. The molecule has 0 atom stereocenters. The first-order valence-electron chi connectivity index (χ1n) is 9.27. The van der Waals surface area contributed by atoms with Gasteiger partial charge in [0.05, 0.1) is 13.5 Å². The van der Waals surface area contributed by atoms with Crippen LogP contribution in [0.5, 0.6) is 5.75 Å². The number of carbonyl (C=O) groups excluding carboxylic acids is 2. The Kier molecular flexibility index (Phi) is 7.76. The standard InChI is InChI=1S/C20H30N2O3/c1-16(23)22(18-7-5-3-4-6-8-18)14-13-21-20(24)15-17-9-11-19(25-2)12-10-17/h9-12,18H,3-8,13-15H2,1-2H3,(H,21,24). The summed E-state index contributed by atoms with van der Waals surface area (Å²) in [4.78, 5) is 26.0. The van der Waals surface area contributed by atoms with Crippen LogP contribution in [-0.2, 0) is 16.0 Å². The Labute approximate surface area is 150 Å². The SMILES string of the molecule is COc1ccc(CC(=O)NCCN(C(C)=O)C2CCCCCC2)cc1. The first-order valence-corrected chi connectivity index (χ1v) is 9.27. The Hall–Kier alpha value is -2.04. The van der Waals surface area contributed by atoms with Crippen LogP contribution < -0.4 is 10.1 Å². The van der Waals surface area contributed by atoms with Gasteiger partial charge in [-0.25, -0.2) is 0 Å². The van der Waals surface area contributed by atoms with E-state index in [1.807, 2.05) is 29.2 Å². The molecular formula is C20H30N2O3. The predicted octanol–water partition coefficient (Wildman–Crippen LogP) is 2.93. The number of methoxy groups -OCH3 is 1. The van der Waals surface area contributed by atoms with Gasteiger partial charge in [-0.1, -0.05) is 37.8 Å². The van der Waals surface area contributed by atoms with Crippen molar-refractivity contribution in [2.75, 3.05) is 20.2 Å². The van der Waals surface area contributed by atoms with E-state index in [0.717, 1.165) is 24.2 Å². The highest BCUT2D eigenvalue weighted by atomic mass is 16.5. The molecule has 2 amide bonds. The van der Waals surface area contributed by atoms with Crippen LogP contribution in [0, 0.1) is 0 Å². The second kappa shape index (κ2) is 10.1. The molecule has 1 saturated carbocycles. The first kappa shape index (κ1) is 19.3. The molecule has 0 saturated heterocycles. The smallest absolute Gasteiger partial charge is 0.224 e. The largest absolute Gasteiger partial charge is 0.497 e. The van der Waals surface area contributed by atoms with Gasteiger partial charge >= 0.3 is 0 Å². The van der Waals surface area contributed by atoms with Crippen LogP contribution in [-0.4, -0.2) is 43.0 Å². The first-order chi connectivity index (χ1) is 12.1. The molecule has 0 unspecified atom stereocenters. The molecular weight excluding hydrogens is 316 g/mol. The van der Waals surface area contributed by atoms with Crippen molar-refractivity contribution < 1.29 is 14.3 Å². The maximum absolute atomic E-state index is 12.1. The van der Waals surface area contributed by atoms with Gasteiger partial charge < -0.3 is 15.0 Å². The number of hydrogen-bond donors (Lipinski definition) is 1. The van der Waals surface area contributed by atoms with Crippen LogP contribution in [0.2, 0.25) is 0 Å². The molecule has 0 radical (unpaired) electrons. The predicted molar refractivity (Wildman–Crippen MR) is 98.6 cm³/mol. The van der Waals surface area contributed by atoms with Gasteiger partial charge in [0.1, 0.15) is 5.75 Å². The normalized spacial score (nSPS) is 15.3. The van der Waals surface area contributed by atoms with E-state index in [4.69, 9.17) is 4.74 Å². The molecule has 1 fully saturated rings. The van der Waals surface area contributed by atoms with Crippen molar-refractivity contribution >= 4 is 11.8 Å².